The minimum atomic E-state index is 0. The normalized spacial score (nSPS) is 14.5. The van der Waals surface area contributed by atoms with Crippen LogP contribution in [0.3, 0.4) is 0 Å². The predicted octanol–water partition coefficient (Wildman–Crippen LogP) is 1.33. The fraction of sp³-hybridized carbons (Fsp3) is 0.556. The zero-order valence-corrected chi connectivity index (χ0v) is 17.9. The number of hydrogen-bond acceptors (Lipinski definition) is 4. The molecule has 1 aliphatic rings. The number of guanidine groups is 1. The van der Waals surface area contributed by atoms with Gasteiger partial charge in [-0.3, -0.25) is 4.79 Å². The molecule has 0 atom stereocenters. The van der Waals surface area contributed by atoms with Gasteiger partial charge in [-0.15, -0.1) is 24.0 Å². The van der Waals surface area contributed by atoms with E-state index in [1.807, 2.05) is 13.8 Å². The average molecular weight is 475 g/mol. The first-order chi connectivity index (χ1) is 12.2. The van der Waals surface area contributed by atoms with Crippen LogP contribution in [0.2, 0.25) is 0 Å². The van der Waals surface area contributed by atoms with Gasteiger partial charge in [0.2, 0.25) is 5.91 Å². The van der Waals surface area contributed by atoms with E-state index in [-0.39, 0.29) is 29.9 Å². The summed E-state index contributed by atoms with van der Waals surface area (Å²) in [6.45, 7) is 9.53. The van der Waals surface area contributed by atoms with Crippen molar-refractivity contribution in [3.05, 3.63) is 29.8 Å². The van der Waals surface area contributed by atoms with Gasteiger partial charge in [0, 0.05) is 38.5 Å². The van der Waals surface area contributed by atoms with Gasteiger partial charge in [-0.05, 0) is 31.5 Å². The smallest absolute Gasteiger partial charge is 0.239 e. The van der Waals surface area contributed by atoms with Gasteiger partial charge in [0.05, 0.1) is 19.7 Å². The lowest BCUT2D eigenvalue weighted by molar-refractivity contribution is -0.120. The molecule has 0 radical (unpaired) electrons. The highest BCUT2D eigenvalue weighted by Crippen LogP contribution is 2.16. The lowest BCUT2D eigenvalue weighted by Gasteiger charge is -2.28. The van der Waals surface area contributed by atoms with Crippen molar-refractivity contribution in [3.63, 3.8) is 0 Å². The van der Waals surface area contributed by atoms with Crippen molar-refractivity contribution >= 4 is 41.5 Å². The quantitative estimate of drug-likeness (QED) is 0.229. The molecule has 146 valence electrons. The summed E-state index contributed by atoms with van der Waals surface area (Å²) in [4.78, 5) is 18.2. The Hall–Kier alpha value is -1.55. The van der Waals surface area contributed by atoms with Gasteiger partial charge in [0.1, 0.15) is 0 Å². The van der Waals surface area contributed by atoms with Crippen molar-refractivity contribution in [2.45, 2.75) is 20.4 Å². The number of ether oxygens (including phenoxy) is 1. The second-order valence-electron chi connectivity index (χ2n) is 5.76. The highest BCUT2D eigenvalue weighted by molar-refractivity contribution is 14.0. The van der Waals surface area contributed by atoms with E-state index in [1.54, 1.807) is 0 Å². The summed E-state index contributed by atoms with van der Waals surface area (Å²) in [7, 11) is 0. The number of carbonyl (C=O) groups excluding carboxylic acids is 1. The molecule has 0 unspecified atom stereocenters. The lowest BCUT2D eigenvalue weighted by atomic mass is 10.2. The summed E-state index contributed by atoms with van der Waals surface area (Å²) in [5.74, 6) is 0.868. The Kier molecular flexibility index (Phi) is 11.0. The van der Waals surface area contributed by atoms with E-state index in [4.69, 9.17) is 4.74 Å². The molecule has 3 N–H and O–H groups in total. The Morgan fingerprint density at radius 1 is 1.27 bits per heavy atom. The Bertz CT molecular complexity index is 565. The number of amides is 1. The molecule has 1 fully saturated rings. The van der Waals surface area contributed by atoms with Crippen LogP contribution >= 0.6 is 24.0 Å². The number of halogens is 1. The minimum Gasteiger partial charge on any atom is -0.380 e. The fourth-order valence-electron chi connectivity index (χ4n) is 2.57. The monoisotopic (exact) mass is 475 g/mol. The number of rotatable bonds is 8. The SMILES string of the molecule is CCNC(=NCc1ccc(N2CCNC(=O)C2)cc1)NCCOCC.I. The highest BCUT2D eigenvalue weighted by atomic mass is 127. The zero-order chi connectivity index (χ0) is 17.9. The molecule has 0 spiro atoms. The van der Waals surface area contributed by atoms with E-state index in [1.165, 1.54) is 0 Å². The minimum absolute atomic E-state index is 0. The van der Waals surface area contributed by atoms with Crippen molar-refractivity contribution < 1.29 is 9.53 Å². The number of nitrogens with one attached hydrogen (secondary N) is 3. The number of hydrogen-bond donors (Lipinski definition) is 3. The number of carbonyl (C=O) groups is 1. The van der Waals surface area contributed by atoms with Gasteiger partial charge in [-0.25, -0.2) is 4.99 Å². The van der Waals surface area contributed by atoms with Gasteiger partial charge < -0.3 is 25.6 Å². The fourth-order valence-corrected chi connectivity index (χ4v) is 2.57. The third kappa shape index (κ3) is 7.77. The summed E-state index contributed by atoms with van der Waals surface area (Å²) in [5.41, 5.74) is 2.21. The number of benzene rings is 1. The molecule has 1 amide bonds. The largest absolute Gasteiger partial charge is 0.380 e. The van der Waals surface area contributed by atoms with Crippen molar-refractivity contribution in [1.82, 2.24) is 16.0 Å². The highest BCUT2D eigenvalue weighted by Gasteiger charge is 2.16. The molecule has 0 aliphatic carbocycles. The number of piperazine rings is 1. The average Bonchev–Trinajstić information content (AvgIpc) is 2.63. The molecular weight excluding hydrogens is 445 g/mol. The number of aliphatic imine (C=N–C) groups is 1. The molecule has 0 bridgehead atoms. The van der Waals surface area contributed by atoms with E-state index < -0.39 is 0 Å². The second-order valence-corrected chi connectivity index (χ2v) is 5.76. The van der Waals surface area contributed by atoms with Gasteiger partial charge >= 0.3 is 0 Å². The van der Waals surface area contributed by atoms with E-state index in [0.717, 1.165) is 43.5 Å². The second kappa shape index (κ2) is 12.7. The predicted molar refractivity (Wildman–Crippen MR) is 116 cm³/mol. The standard InChI is InChI=1S/C18H29N5O2.HI/c1-3-19-18(21-10-12-25-4-2)22-13-15-5-7-16(8-6-15)23-11-9-20-17(24)14-23;/h5-8H,3-4,9-14H2,1-2H3,(H,20,24)(H2,19,21,22);1H. The molecule has 7 nitrogen and oxygen atoms in total. The summed E-state index contributed by atoms with van der Waals surface area (Å²) >= 11 is 0. The van der Waals surface area contributed by atoms with Crippen LogP contribution in [-0.2, 0) is 16.1 Å². The summed E-state index contributed by atoms with van der Waals surface area (Å²) in [5, 5.41) is 9.32. The Morgan fingerprint density at radius 2 is 2.04 bits per heavy atom. The first-order valence-corrected chi connectivity index (χ1v) is 8.93. The van der Waals surface area contributed by atoms with Crippen molar-refractivity contribution in [2.75, 3.05) is 50.8 Å². The topological polar surface area (TPSA) is 78.0 Å². The van der Waals surface area contributed by atoms with Crippen LogP contribution in [0.4, 0.5) is 5.69 Å². The van der Waals surface area contributed by atoms with Crippen molar-refractivity contribution in [2.24, 2.45) is 4.99 Å². The molecule has 1 aromatic rings. The zero-order valence-electron chi connectivity index (χ0n) is 15.6. The van der Waals surface area contributed by atoms with Crippen LogP contribution in [0, 0.1) is 0 Å². The van der Waals surface area contributed by atoms with Crippen molar-refractivity contribution in [3.8, 4) is 0 Å². The molecule has 8 heteroatoms. The first-order valence-electron chi connectivity index (χ1n) is 8.93. The van der Waals surface area contributed by atoms with Crippen LogP contribution in [-0.4, -0.2) is 57.8 Å². The van der Waals surface area contributed by atoms with E-state index in [0.29, 0.717) is 26.2 Å². The molecule has 0 saturated carbocycles. The summed E-state index contributed by atoms with van der Waals surface area (Å²) in [6, 6.07) is 8.24. The molecule has 26 heavy (non-hydrogen) atoms. The molecule has 1 heterocycles. The van der Waals surface area contributed by atoms with Crippen molar-refractivity contribution in [1.29, 1.82) is 0 Å². The van der Waals surface area contributed by atoms with Gasteiger partial charge in [-0.1, -0.05) is 12.1 Å². The Labute approximate surface area is 173 Å². The molecular formula is C18H30IN5O2. The van der Waals surface area contributed by atoms with E-state index in [9.17, 15) is 4.79 Å². The van der Waals surface area contributed by atoms with Gasteiger partial charge in [0.25, 0.3) is 0 Å². The lowest BCUT2D eigenvalue weighted by Crippen LogP contribution is -2.47. The van der Waals surface area contributed by atoms with Crippen LogP contribution in [0.25, 0.3) is 0 Å². The molecule has 2 rings (SSSR count). The third-order valence-electron chi connectivity index (χ3n) is 3.85. The Balaban J connectivity index is 0.00000338. The summed E-state index contributed by atoms with van der Waals surface area (Å²) < 4.78 is 5.32. The summed E-state index contributed by atoms with van der Waals surface area (Å²) in [6.07, 6.45) is 0. The van der Waals surface area contributed by atoms with Crippen LogP contribution in [0.1, 0.15) is 19.4 Å². The molecule has 1 aliphatic heterocycles. The first kappa shape index (κ1) is 22.5. The Morgan fingerprint density at radius 3 is 2.69 bits per heavy atom. The van der Waals surface area contributed by atoms with Gasteiger partial charge in [0.15, 0.2) is 5.96 Å². The maximum atomic E-state index is 11.5. The molecule has 1 saturated heterocycles. The van der Waals surface area contributed by atoms with Crippen LogP contribution in [0.15, 0.2) is 29.3 Å². The van der Waals surface area contributed by atoms with Crippen LogP contribution in [0.5, 0.6) is 0 Å². The third-order valence-corrected chi connectivity index (χ3v) is 3.85. The molecule has 1 aromatic carbocycles. The van der Waals surface area contributed by atoms with E-state index >= 15 is 0 Å². The number of anilines is 1. The number of nitrogens with zero attached hydrogens (tertiary/aromatic N) is 2. The van der Waals surface area contributed by atoms with E-state index in [2.05, 4.69) is 50.1 Å². The van der Waals surface area contributed by atoms with Gasteiger partial charge in [-0.2, -0.15) is 0 Å². The van der Waals surface area contributed by atoms with Crippen LogP contribution < -0.4 is 20.9 Å². The molecule has 0 aromatic heterocycles. The maximum absolute atomic E-state index is 11.5. The maximum Gasteiger partial charge on any atom is 0.239 e.